The molecule has 3 nitrogen and oxygen atoms in total. The summed E-state index contributed by atoms with van der Waals surface area (Å²) < 4.78 is 0. The molecule has 1 aliphatic heterocycles. The van der Waals surface area contributed by atoms with Gasteiger partial charge in [0.1, 0.15) is 0 Å². The molecular weight excluding hydrogens is 262 g/mol. The Labute approximate surface area is 126 Å². The van der Waals surface area contributed by atoms with Crippen LogP contribution in [-0.4, -0.2) is 35.1 Å². The SMILES string of the molecule is O=C(CC1Cc2ccccc2C1)N1C[C@H]2CC[C@@H](C1)C2O. The average Bonchev–Trinajstić information content (AvgIpc) is 2.94. The van der Waals surface area contributed by atoms with Crippen LogP contribution in [0, 0.1) is 17.8 Å². The maximum atomic E-state index is 12.6. The van der Waals surface area contributed by atoms with Gasteiger partial charge in [0, 0.05) is 31.3 Å². The lowest BCUT2D eigenvalue weighted by Gasteiger charge is -2.36. The predicted molar refractivity (Wildman–Crippen MR) is 80.8 cm³/mol. The van der Waals surface area contributed by atoms with Crippen molar-refractivity contribution in [2.24, 2.45) is 17.8 Å². The summed E-state index contributed by atoms with van der Waals surface area (Å²) >= 11 is 0. The number of hydrogen-bond acceptors (Lipinski definition) is 2. The van der Waals surface area contributed by atoms with Gasteiger partial charge in [0.25, 0.3) is 0 Å². The van der Waals surface area contributed by atoms with Gasteiger partial charge in [-0.25, -0.2) is 0 Å². The second-order valence-corrected chi connectivity index (χ2v) is 7.13. The summed E-state index contributed by atoms with van der Waals surface area (Å²) in [6.45, 7) is 1.55. The number of rotatable bonds is 2. The van der Waals surface area contributed by atoms with Crippen molar-refractivity contribution in [3.63, 3.8) is 0 Å². The van der Waals surface area contributed by atoms with Gasteiger partial charge in [0.05, 0.1) is 6.10 Å². The van der Waals surface area contributed by atoms with Gasteiger partial charge in [-0.1, -0.05) is 24.3 Å². The topological polar surface area (TPSA) is 40.5 Å². The first-order chi connectivity index (χ1) is 10.2. The highest BCUT2D eigenvalue weighted by Crippen LogP contribution is 2.37. The van der Waals surface area contributed by atoms with E-state index in [1.807, 2.05) is 4.90 Å². The molecule has 1 saturated heterocycles. The lowest BCUT2D eigenvalue weighted by Crippen LogP contribution is -2.47. The van der Waals surface area contributed by atoms with E-state index in [0.717, 1.165) is 38.8 Å². The number of hydrogen-bond donors (Lipinski definition) is 1. The number of nitrogens with zero attached hydrogens (tertiary/aromatic N) is 1. The van der Waals surface area contributed by atoms with Crippen LogP contribution >= 0.6 is 0 Å². The van der Waals surface area contributed by atoms with Crippen molar-refractivity contribution in [3.05, 3.63) is 35.4 Å². The maximum absolute atomic E-state index is 12.6. The van der Waals surface area contributed by atoms with Crippen LogP contribution in [0.4, 0.5) is 0 Å². The molecule has 2 fully saturated rings. The zero-order valence-electron chi connectivity index (χ0n) is 12.4. The Morgan fingerprint density at radius 1 is 1.10 bits per heavy atom. The number of fused-ring (bicyclic) bond motifs is 3. The summed E-state index contributed by atoms with van der Waals surface area (Å²) in [6.07, 6.45) is 4.78. The Balaban J connectivity index is 1.37. The molecule has 112 valence electrons. The van der Waals surface area contributed by atoms with Gasteiger partial charge in [0.15, 0.2) is 0 Å². The van der Waals surface area contributed by atoms with E-state index in [9.17, 15) is 9.90 Å². The zero-order valence-corrected chi connectivity index (χ0v) is 12.4. The van der Waals surface area contributed by atoms with Crippen molar-refractivity contribution < 1.29 is 9.90 Å². The van der Waals surface area contributed by atoms with E-state index in [4.69, 9.17) is 0 Å². The Morgan fingerprint density at radius 2 is 1.67 bits per heavy atom. The zero-order chi connectivity index (χ0) is 14.4. The molecule has 1 N–H and O–H groups in total. The number of carbonyl (C=O) groups is 1. The van der Waals surface area contributed by atoms with Crippen molar-refractivity contribution in [1.29, 1.82) is 0 Å². The predicted octanol–water partition coefficient (Wildman–Crippen LogP) is 2.02. The fourth-order valence-corrected chi connectivity index (χ4v) is 4.57. The second-order valence-electron chi connectivity index (χ2n) is 7.13. The number of aliphatic hydroxyl groups is 1. The van der Waals surface area contributed by atoms with Crippen LogP contribution in [-0.2, 0) is 17.6 Å². The van der Waals surface area contributed by atoms with E-state index in [1.54, 1.807) is 0 Å². The minimum Gasteiger partial charge on any atom is -0.392 e. The van der Waals surface area contributed by atoms with Crippen molar-refractivity contribution in [2.75, 3.05) is 13.1 Å². The number of aliphatic hydroxyl groups excluding tert-OH is 1. The van der Waals surface area contributed by atoms with Crippen LogP contribution in [0.2, 0.25) is 0 Å². The van der Waals surface area contributed by atoms with Gasteiger partial charge < -0.3 is 10.0 Å². The van der Waals surface area contributed by atoms with Crippen LogP contribution in [0.25, 0.3) is 0 Å². The third-order valence-electron chi connectivity index (χ3n) is 5.74. The highest BCUT2D eigenvalue weighted by Gasteiger charge is 2.42. The summed E-state index contributed by atoms with van der Waals surface area (Å²) in [4.78, 5) is 14.6. The van der Waals surface area contributed by atoms with Crippen molar-refractivity contribution in [2.45, 2.75) is 38.2 Å². The molecule has 0 radical (unpaired) electrons. The first kappa shape index (κ1) is 13.3. The van der Waals surface area contributed by atoms with Gasteiger partial charge in [-0.2, -0.15) is 0 Å². The molecule has 1 aromatic rings. The first-order valence-electron chi connectivity index (χ1n) is 8.23. The second kappa shape index (κ2) is 5.13. The van der Waals surface area contributed by atoms with Gasteiger partial charge in [0.2, 0.25) is 5.91 Å². The standard InChI is InChI=1S/C18H23NO2/c20-17(19-10-15-5-6-16(11-19)18(15)21)9-12-7-13-3-1-2-4-14(13)8-12/h1-4,12,15-16,18,21H,5-11H2/t15-,16+,18?. The van der Waals surface area contributed by atoms with Crippen LogP contribution in [0.1, 0.15) is 30.4 Å². The minimum absolute atomic E-state index is 0.162. The maximum Gasteiger partial charge on any atom is 0.222 e. The van der Waals surface area contributed by atoms with Crippen LogP contribution < -0.4 is 0 Å². The lowest BCUT2D eigenvalue weighted by atomic mass is 9.93. The van der Waals surface area contributed by atoms with Crippen molar-refractivity contribution >= 4 is 5.91 Å². The first-order valence-corrected chi connectivity index (χ1v) is 8.23. The largest absolute Gasteiger partial charge is 0.392 e. The molecule has 3 aliphatic rings. The highest BCUT2D eigenvalue weighted by molar-refractivity contribution is 5.77. The molecule has 0 aromatic heterocycles. The molecule has 1 amide bonds. The summed E-state index contributed by atoms with van der Waals surface area (Å²) in [7, 11) is 0. The highest BCUT2D eigenvalue weighted by atomic mass is 16.3. The normalized spacial score (nSPS) is 31.5. The summed E-state index contributed by atoms with van der Waals surface area (Å²) in [5.74, 6) is 1.43. The van der Waals surface area contributed by atoms with Crippen molar-refractivity contribution in [3.8, 4) is 0 Å². The van der Waals surface area contributed by atoms with Gasteiger partial charge >= 0.3 is 0 Å². The minimum atomic E-state index is -0.162. The Morgan fingerprint density at radius 3 is 2.24 bits per heavy atom. The number of carbonyl (C=O) groups excluding carboxylic acids is 1. The molecule has 3 atom stereocenters. The van der Waals surface area contributed by atoms with Gasteiger partial charge in [-0.05, 0) is 42.7 Å². The molecule has 3 heteroatoms. The summed E-state index contributed by atoms with van der Waals surface area (Å²) in [6, 6.07) is 8.56. The van der Waals surface area contributed by atoms with E-state index >= 15 is 0 Å². The smallest absolute Gasteiger partial charge is 0.222 e. The molecular formula is C18H23NO2. The quantitative estimate of drug-likeness (QED) is 0.903. The number of amides is 1. The van der Waals surface area contributed by atoms with E-state index in [-0.39, 0.29) is 6.10 Å². The third-order valence-corrected chi connectivity index (χ3v) is 5.74. The Bertz CT molecular complexity index is 517. The molecule has 1 aromatic carbocycles. The monoisotopic (exact) mass is 285 g/mol. The third kappa shape index (κ3) is 2.38. The lowest BCUT2D eigenvalue weighted by molar-refractivity contribution is -0.136. The number of likely N-dealkylation sites (tertiary alicyclic amines) is 1. The van der Waals surface area contributed by atoms with Crippen molar-refractivity contribution in [1.82, 2.24) is 4.90 Å². The molecule has 4 rings (SSSR count). The molecule has 21 heavy (non-hydrogen) atoms. The molecule has 0 spiro atoms. The van der Waals surface area contributed by atoms with Gasteiger partial charge in [-0.3, -0.25) is 4.79 Å². The average molecular weight is 285 g/mol. The number of piperidine rings is 1. The molecule has 1 saturated carbocycles. The fourth-order valence-electron chi connectivity index (χ4n) is 4.57. The molecule has 1 heterocycles. The van der Waals surface area contributed by atoms with Crippen LogP contribution in [0.5, 0.6) is 0 Å². The Kier molecular flexibility index (Phi) is 3.26. The van der Waals surface area contributed by atoms with E-state index < -0.39 is 0 Å². The van der Waals surface area contributed by atoms with Crippen LogP contribution in [0.3, 0.4) is 0 Å². The Hall–Kier alpha value is -1.35. The fraction of sp³-hybridized carbons (Fsp3) is 0.611. The number of benzene rings is 1. The molecule has 1 unspecified atom stereocenters. The summed E-state index contributed by atoms with van der Waals surface area (Å²) in [5, 5.41) is 10.1. The molecule has 2 bridgehead atoms. The van der Waals surface area contributed by atoms with Gasteiger partial charge in [-0.15, -0.1) is 0 Å². The van der Waals surface area contributed by atoms with E-state index in [0.29, 0.717) is 30.1 Å². The van der Waals surface area contributed by atoms with E-state index in [1.165, 1.54) is 11.1 Å². The summed E-state index contributed by atoms with van der Waals surface area (Å²) in [5.41, 5.74) is 2.84. The van der Waals surface area contributed by atoms with Crippen LogP contribution in [0.15, 0.2) is 24.3 Å². The molecule has 2 aliphatic carbocycles. The van der Waals surface area contributed by atoms with E-state index in [2.05, 4.69) is 24.3 Å².